The predicted octanol–water partition coefficient (Wildman–Crippen LogP) is 2.31. The van der Waals surface area contributed by atoms with Crippen LogP contribution in [0.1, 0.15) is 24.4 Å². The third-order valence-corrected chi connectivity index (χ3v) is 3.14. The third kappa shape index (κ3) is 3.48. The zero-order valence-corrected chi connectivity index (χ0v) is 10.00. The molecule has 2 rings (SSSR count). The van der Waals surface area contributed by atoms with Crippen LogP contribution in [0, 0.1) is 17.6 Å². The number of nitrogens with zero attached hydrogens (tertiary/aromatic N) is 1. The van der Waals surface area contributed by atoms with E-state index < -0.39 is 17.7 Å². The molecule has 0 amide bonds. The molecule has 2 N–H and O–H groups in total. The highest BCUT2D eigenvalue weighted by molar-refractivity contribution is 5.22. The van der Waals surface area contributed by atoms with Crippen LogP contribution in [0.15, 0.2) is 18.2 Å². The van der Waals surface area contributed by atoms with E-state index in [0.717, 1.165) is 18.5 Å². The summed E-state index contributed by atoms with van der Waals surface area (Å²) in [6.45, 7) is 1.61. The van der Waals surface area contributed by atoms with Crippen LogP contribution >= 0.6 is 0 Å². The Balaban J connectivity index is 1.95. The van der Waals surface area contributed by atoms with Gasteiger partial charge < -0.3 is 10.6 Å². The second-order valence-corrected chi connectivity index (χ2v) is 4.94. The predicted molar refractivity (Wildman–Crippen MR) is 63.5 cm³/mol. The van der Waals surface area contributed by atoms with E-state index in [1.807, 2.05) is 7.05 Å². The van der Waals surface area contributed by atoms with E-state index >= 15 is 0 Å². The van der Waals surface area contributed by atoms with Gasteiger partial charge in [0.15, 0.2) is 0 Å². The van der Waals surface area contributed by atoms with Gasteiger partial charge in [-0.25, -0.2) is 8.78 Å². The fourth-order valence-corrected chi connectivity index (χ4v) is 2.05. The van der Waals surface area contributed by atoms with Crippen molar-refractivity contribution in [3.8, 4) is 0 Å². The van der Waals surface area contributed by atoms with Crippen molar-refractivity contribution >= 4 is 0 Å². The Morgan fingerprint density at radius 1 is 1.41 bits per heavy atom. The average Bonchev–Trinajstić information content (AvgIpc) is 3.00. The number of benzene rings is 1. The molecule has 0 saturated heterocycles. The first kappa shape index (κ1) is 12.5. The van der Waals surface area contributed by atoms with E-state index in [2.05, 4.69) is 4.90 Å². The lowest BCUT2D eigenvalue weighted by atomic mass is 10.1. The lowest BCUT2D eigenvalue weighted by Gasteiger charge is -2.21. The maximum absolute atomic E-state index is 13.5. The molecule has 1 aromatic rings. The van der Waals surface area contributed by atoms with E-state index in [1.54, 1.807) is 0 Å². The minimum atomic E-state index is -0.565. The van der Waals surface area contributed by atoms with Crippen molar-refractivity contribution in [2.24, 2.45) is 11.7 Å². The van der Waals surface area contributed by atoms with Crippen molar-refractivity contribution in [3.05, 3.63) is 35.4 Å². The van der Waals surface area contributed by atoms with Gasteiger partial charge in [0.1, 0.15) is 11.6 Å². The fourth-order valence-electron chi connectivity index (χ4n) is 2.05. The molecule has 4 heteroatoms. The van der Waals surface area contributed by atoms with E-state index in [1.165, 1.54) is 25.0 Å². The molecule has 2 nitrogen and oxygen atoms in total. The average molecular weight is 240 g/mol. The van der Waals surface area contributed by atoms with Crippen LogP contribution in [-0.2, 0) is 0 Å². The van der Waals surface area contributed by atoms with Crippen molar-refractivity contribution in [1.29, 1.82) is 0 Å². The van der Waals surface area contributed by atoms with Crippen LogP contribution in [0.25, 0.3) is 0 Å². The van der Waals surface area contributed by atoms with Gasteiger partial charge in [0.05, 0.1) is 0 Å². The summed E-state index contributed by atoms with van der Waals surface area (Å²) in [6, 6.07) is 3.16. The molecule has 0 aromatic heterocycles. The molecule has 17 heavy (non-hydrogen) atoms. The lowest BCUT2D eigenvalue weighted by molar-refractivity contribution is 0.298. The zero-order chi connectivity index (χ0) is 12.4. The Labute approximate surface area is 100 Å². The van der Waals surface area contributed by atoms with Crippen LogP contribution in [0.3, 0.4) is 0 Å². The number of hydrogen-bond donors (Lipinski definition) is 1. The van der Waals surface area contributed by atoms with Crippen LogP contribution < -0.4 is 5.73 Å². The molecule has 1 aromatic carbocycles. The number of hydrogen-bond acceptors (Lipinski definition) is 2. The molecule has 1 aliphatic carbocycles. The molecule has 0 heterocycles. The van der Waals surface area contributed by atoms with Gasteiger partial charge in [0.2, 0.25) is 0 Å². The first-order chi connectivity index (χ1) is 8.06. The van der Waals surface area contributed by atoms with E-state index in [9.17, 15) is 8.78 Å². The van der Waals surface area contributed by atoms with Crippen molar-refractivity contribution in [2.45, 2.75) is 18.9 Å². The molecule has 1 aliphatic rings. The topological polar surface area (TPSA) is 29.3 Å². The summed E-state index contributed by atoms with van der Waals surface area (Å²) in [5.74, 6) is -0.340. The van der Waals surface area contributed by atoms with E-state index in [-0.39, 0.29) is 0 Å². The van der Waals surface area contributed by atoms with Gasteiger partial charge in [-0.3, -0.25) is 0 Å². The van der Waals surface area contributed by atoms with Crippen LogP contribution in [0.4, 0.5) is 8.78 Å². The van der Waals surface area contributed by atoms with Crippen LogP contribution in [-0.4, -0.2) is 25.0 Å². The Bertz CT molecular complexity index is 391. The Kier molecular flexibility index (Phi) is 3.74. The number of halogens is 2. The summed E-state index contributed by atoms with van der Waals surface area (Å²) in [6.07, 6.45) is 2.56. The van der Waals surface area contributed by atoms with Crippen LogP contribution in [0.5, 0.6) is 0 Å². The summed E-state index contributed by atoms with van der Waals surface area (Å²) >= 11 is 0. The van der Waals surface area contributed by atoms with Gasteiger partial charge in [-0.15, -0.1) is 0 Å². The number of likely N-dealkylation sites (N-methyl/N-ethyl adjacent to an activating group) is 1. The van der Waals surface area contributed by atoms with Crippen molar-refractivity contribution in [1.82, 2.24) is 4.90 Å². The Hall–Kier alpha value is -1.00. The Morgan fingerprint density at radius 2 is 2.12 bits per heavy atom. The number of rotatable bonds is 5. The van der Waals surface area contributed by atoms with Crippen molar-refractivity contribution in [2.75, 3.05) is 20.1 Å². The van der Waals surface area contributed by atoms with Gasteiger partial charge in [-0.1, -0.05) is 6.07 Å². The largest absolute Gasteiger partial charge is 0.323 e. The quantitative estimate of drug-likeness (QED) is 0.855. The standard InChI is InChI=1S/C13H18F2N2/c1-17(7-9-2-3-9)8-13(16)11-5-4-10(14)6-12(11)15/h4-6,9,13H,2-3,7-8,16H2,1H3. The molecule has 0 spiro atoms. The molecule has 1 atom stereocenters. The molecule has 0 bridgehead atoms. The molecule has 94 valence electrons. The smallest absolute Gasteiger partial charge is 0.130 e. The molecule has 0 aliphatic heterocycles. The second kappa shape index (κ2) is 5.10. The maximum atomic E-state index is 13.5. The monoisotopic (exact) mass is 240 g/mol. The maximum Gasteiger partial charge on any atom is 0.130 e. The Morgan fingerprint density at radius 3 is 2.71 bits per heavy atom. The molecular formula is C13H18F2N2. The van der Waals surface area contributed by atoms with E-state index in [4.69, 9.17) is 5.73 Å². The van der Waals surface area contributed by atoms with Crippen LogP contribution in [0.2, 0.25) is 0 Å². The summed E-state index contributed by atoms with van der Waals surface area (Å²) in [5, 5.41) is 0. The van der Waals surface area contributed by atoms with Gasteiger partial charge in [0, 0.05) is 30.8 Å². The molecular weight excluding hydrogens is 222 g/mol. The zero-order valence-electron chi connectivity index (χ0n) is 10.00. The van der Waals surface area contributed by atoms with Crippen molar-refractivity contribution < 1.29 is 8.78 Å². The normalized spacial score (nSPS) is 17.5. The SMILES string of the molecule is CN(CC1CC1)CC(N)c1ccc(F)cc1F. The highest BCUT2D eigenvalue weighted by Gasteiger charge is 2.24. The van der Waals surface area contributed by atoms with Gasteiger partial charge in [0.25, 0.3) is 0 Å². The second-order valence-electron chi connectivity index (χ2n) is 4.94. The lowest BCUT2D eigenvalue weighted by Crippen LogP contribution is -2.31. The van der Waals surface area contributed by atoms with Gasteiger partial charge in [-0.2, -0.15) is 0 Å². The highest BCUT2D eigenvalue weighted by Crippen LogP contribution is 2.29. The summed E-state index contributed by atoms with van der Waals surface area (Å²) < 4.78 is 26.3. The summed E-state index contributed by atoms with van der Waals surface area (Å²) in [5.41, 5.74) is 6.32. The number of nitrogens with two attached hydrogens (primary N) is 1. The van der Waals surface area contributed by atoms with Crippen molar-refractivity contribution in [3.63, 3.8) is 0 Å². The molecule has 0 radical (unpaired) electrons. The minimum absolute atomic E-state index is 0.383. The molecule has 1 fully saturated rings. The summed E-state index contributed by atoms with van der Waals surface area (Å²) in [7, 11) is 1.99. The van der Waals surface area contributed by atoms with E-state index in [0.29, 0.717) is 12.1 Å². The first-order valence-corrected chi connectivity index (χ1v) is 5.95. The van der Waals surface area contributed by atoms with Gasteiger partial charge in [-0.05, 0) is 31.9 Å². The fraction of sp³-hybridized carbons (Fsp3) is 0.538. The molecule has 1 saturated carbocycles. The first-order valence-electron chi connectivity index (χ1n) is 5.95. The minimum Gasteiger partial charge on any atom is -0.323 e. The van der Waals surface area contributed by atoms with Gasteiger partial charge >= 0.3 is 0 Å². The summed E-state index contributed by atoms with van der Waals surface area (Å²) in [4.78, 5) is 2.12. The molecule has 1 unspecified atom stereocenters. The third-order valence-electron chi connectivity index (χ3n) is 3.14. The highest BCUT2D eigenvalue weighted by atomic mass is 19.1.